The summed E-state index contributed by atoms with van der Waals surface area (Å²) >= 11 is 0. The first-order chi connectivity index (χ1) is 7.08. The average Bonchev–Trinajstić information content (AvgIpc) is 2.97. The highest BCUT2D eigenvalue weighted by molar-refractivity contribution is 5.30. The van der Waals surface area contributed by atoms with Gasteiger partial charge in [-0.25, -0.2) is 0 Å². The molecule has 1 fully saturated rings. The summed E-state index contributed by atoms with van der Waals surface area (Å²) in [6, 6.07) is 5.96. The lowest BCUT2D eigenvalue weighted by Gasteiger charge is -2.18. The molecule has 0 radical (unpaired) electrons. The van der Waals surface area contributed by atoms with Gasteiger partial charge in [-0.3, -0.25) is 0 Å². The van der Waals surface area contributed by atoms with Crippen LogP contribution in [0.4, 0.5) is 0 Å². The Balaban J connectivity index is 2.19. The van der Waals surface area contributed by atoms with Gasteiger partial charge in [-0.1, -0.05) is 29.3 Å². The molecule has 1 aliphatic carbocycles. The van der Waals surface area contributed by atoms with Gasteiger partial charge in [0.15, 0.2) is 0 Å². The normalized spacial score (nSPS) is 20.0. The molecule has 0 aromatic heterocycles. The van der Waals surface area contributed by atoms with E-state index in [1.165, 1.54) is 0 Å². The summed E-state index contributed by atoms with van der Waals surface area (Å²) in [6.45, 7) is 4.01. The van der Waals surface area contributed by atoms with Crippen LogP contribution < -0.4 is 0 Å². The van der Waals surface area contributed by atoms with E-state index >= 15 is 0 Å². The van der Waals surface area contributed by atoms with Crippen molar-refractivity contribution >= 4 is 0 Å². The molecule has 2 unspecified atom stereocenters. The van der Waals surface area contributed by atoms with Crippen molar-refractivity contribution < 1.29 is 10.2 Å². The number of hydrogen-bond acceptors (Lipinski definition) is 2. The van der Waals surface area contributed by atoms with Gasteiger partial charge in [-0.05, 0) is 38.2 Å². The first-order valence-electron chi connectivity index (χ1n) is 5.52. The number of benzene rings is 1. The summed E-state index contributed by atoms with van der Waals surface area (Å²) < 4.78 is 0. The van der Waals surface area contributed by atoms with Gasteiger partial charge in [-0.15, -0.1) is 0 Å². The van der Waals surface area contributed by atoms with Crippen molar-refractivity contribution in [3.63, 3.8) is 0 Å². The van der Waals surface area contributed by atoms with Crippen molar-refractivity contribution in [2.24, 2.45) is 5.92 Å². The van der Waals surface area contributed by atoms with E-state index in [4.69, 9.17) is 0 Å². The lowest BCUT2D eigenvalue weighted by molar-refractivity contribution is 0.00480. The Morgan fingerprint density at radius 1 is 1.07 bits per heavy atom. The van der Waals surface area contributed by atoms with Crippen molar-refractivity contribution in [1.82, 2.24) is 0 Å². The van der Waals surface area contributed by atoms with E-state index in [9.17, 15) is 10.2 Å². The molecule has 0 amide bonds. The Morgan fingerprint density at radius 2 is 1.60 bits per heavy atom. The van der Waals surface area contributed by atoms with Gasteiger partial charge >= 0.3 is 0 Å². The zero-order valence-electron chi connectivity index (χ0n) is 9.27. The molecule has 1 aromatic rings. The summed E-state index contributed by atoms with van der Waals surface area (Å²) in [5, 5.41) is 19.8. The van der Waals surface area contributed by atoms with Crippen LogP contribution in [0, 0.1) is 19.8 Å². The number of aliphatic hydroxyl groups is 2. The summed E-state index contributed by atoms with van der Waals surface area (Å²) in [7, 11) is 0. The highest BCUT2D eigenvalue weighted by Gasteiger charge is 2.35. The van der Waals surface area contributed by atoms with Crippen LogP contribution in [0.1, 0.15) is 35.6 Å². The van der Waals surface area contributed by atoms with Crippen molar-refractivity contribution in [3.8, 4) is 0 Å². The van der Waals surface area contributed by atoms with E-state index in [0.29, 0.717) is 5.92 Å². The number of aryl methyl sites for hydroxylation is 2. The average molecular weight is 206 g/mol. The minimum Gasteiger partial charge on any atom is -0.390 e. The lowest BCUT2D eigenvalue weighted by Crippen LogP contribution is -2.20. The predicted octanol–water partition coefficient (Wildman–Crippen LogP) is 2.11. The van der Waals surface area contributed by atoms with E-state index in [-0.39, 0.29) is 0 Å². The zero-order chi connectivity index (χ0) is 11.0. The van der Waals surface area contributed by atoms with Crippen LogP contribution in [0.25, 0.3) is 0 Å². The van der Waals surface area contributed by atoms with E-state index in [1.54, 1.807) is 0 Å². The molecule has 2 N–H and O–H groups in total. The van der Waals surface area contributed by atoms with Crippen molar-refractivity contribution in [1.29, 1.82) is 0 Å². The Labute approximate surface area is 90.6 Å². The van der Waals surface area contributed by atoms with E-state index < -0.39 is 12.2 Å². The molecule has 1 saturated carbocycles. The predicted molar refractivity (Wildman–Crippen MR) is 59.6 cm³/mol. The SMILES string of the molecule is Cc1cc(C)cc(C(O)C(O)C2CC2)c1. The second-order valence-corrected chi connectivity index (χ2v) is 4.69. The summed E-state index contributed by atoms with van der Waals surface area (Å²) in [5.41, 5.74) is 3.10. The highest BCUT2D eigenvalue weighted by Crippen LogP contribution is 2.38. The Morgan fingerprint density at radius 3 is 2.07 bits per heavy atom. The van der Waals surface area contributed by atoms with E-state index in [1.807, 2.05) is 26.0 Å². The number of hydrogen-bond donors (Lipinski definition) is 2. The quantitative estimate of drug-likeness (QED) is 0.795. The van der Waals surface area contributed by atoms with Crippen LogP contribution in [-0.4, -0.2) is 16.3 Å². The number of aliphatic hydroxyl groups excluding tert-OH is 2. The molecule has 0 aliphatic heterocycles. The van der Waals surface area contributed by atoms with Crippen LogP contribution in [0.15, 0.2) is 18.2 Å². The third-order valence-electron chi connectivity index (χ3n) is 3.01. The highest BCUT2D eigenvalue weighted by atomic mass is 16.3. The van der Waals surface area contributed by atoms with Gasteiger partial charge < -0.3 is 10.2 Å². The van der Waals surface area contributed by atoms with Crippen LogP contribution in [-0.2, 0) is 0 Å². The smallest absolute Gasteiger partial charge is 0.105 e. The van der Waals surface area contributed by atoms with Gasteiger partial charge in [0.05, 0.1) is 6.10 Å². The van der Waals surface area contributed by atoms with Gasteiger partial charge in [-0.2, -0.15) is 0 Å². The van der Waals surface area contributed by atoms with Crippen LogP contribution in [0.3, 0.4) is 0 Å². The molecule has 1 aromatic carbocycles. The number of rotatable bonds is 3. The molecule has 2 rings (SSSR count). The second-order valence-electron chi connectivity index (χ2n) is 4.69. The van der Waals surface area contributed by atoms with Crippen molar-refractivity contribution in [2.45, 2.75) is 38.9 Å². The first kappa shape index (κ1) is 10.7. The molecule has 0 saturated heterocycles. The van der Waals surface area contributed by atoms with E-state index in [2.05, 4.69) is 6.07 Å². The maximum atomic E-state index is 10.00. The Kier molecular flexibility index (Phi) is 2.81. The third kappa shape index (κ3) is 2.39. The molecule has 2 atom stereocenters. The monoisotopic (exact) mass is 206 g/mol. The third-order valence-corrected chi connectivity index (χ3v) is 3.01. The molecule has 1 aliphatic rings. The minimum absolute atomic E-state index is 0.306. The molecule has 82 valence electrons. The van der Waals surface area contributed by atoms with Crippen LogP contribution in [0.2, 0.25) is 0 Å². The fraction of sp³-hybridized carbons (Fsp3) is 0.538. The van der Waals surface area contributed by atoms with Gasteiger partial charge in [0.1, 0.15) is 6.10 Å². The van der Waals surface area contributed by atoms with Gasteiger partial charge in [0, 0.05) is 0 Å². The van der Waals surface area contributed by atoms with Crippen molar-refractivity contribution in [2.75, 3.05) is 0 Å². The topological polar surface area (TPSA) is 40.5 Å². The molecular weight excluding hydrogens is 188 g/mol. The molecule has 15 heavy (non-hydrogen) atoms. The van der Waals surface area contributed by atoms with Gasteiger partial charge in [0.2, 0.25) is 0 Å². The zero-order valence-corrected chi connectivity index (χ0v) is 9.27. The first-order valence-corrected chi connectivity index (χ1v) is 5.52. The summed E-state index contributed by atoms with van der Waals surface area (Å²) in [5.74, 6) is 0.306. The largest absolute Gasteiger partial charge is 0.390 e. The van der Waals surface area contributed by atoms with Gasteiger partial charge in [0.25, 0.3) is 0 Å². The van der Waals surface area contributed by atoms with Crippen molar-refractivity contribution in [3.05, 3.63) is 34.9 Å². The maximum absolute atomic E-state index is 10.00. The summed E-state index contributed by atoms with van der Waals surface area (Å²) in [4.78, 5) is 0. The van der Waals surface area contributed by atoms with Crippen LogP contribution >= 0.6 is 0 Å². The lowest BCUT2D eigenvalue weighted by atomic mass is 9.98. The Bertz CT molecular complexity index is 335. The standard InChI is InChI=1S/C13H18O2/c1-8-5-9(2)7-11(6-8)13(15)12(14)10-3-4-10/h5-7,10,12-15H,3-4H2,1-2H3. The molecule has 0 heterocycles. The van der Waals surface area contributed by atoms with E-state index in [0.717, 1.165) is 29.5 Å². The maximum Gasteiger partial charge on any atom is 0.105 e. The molecule has 2 heteroatoms. The fourth-order valence-corrected chi connectivity index (χ4v) is 2.07. The molecule has 2 nitrogen and oxygen atoms in total. The molecule has 0 bridgehead atoms. The Hall–Kier alpha value is -0.860. The fourth-order valence-electron chi connectivity index (χ4n) is 2.07. The second kappa shape index (κ2) is 3.95. The molecule has 0 spiro atoms. The minimum atomic E-state index is -0.726. The molecular formula is C13H18O2. The van der Waals surface area contributed by atoms with Crippen LogP contribution in [0.5, 0.6) is 0 Å². The summed E-state index contributed by atoms with van der Waals surface area (Å²) in [6.07, 6.45) is 0.772.